The first kappa shape index (κ1) is 20.4. The van der Waals surface area contributed by atoms with Crippen LogP contribution in [0.5, 0.6) is 17.2 Å². The van der Waals surface area contributed by atoms with E-state index in [1.165, 1.54) is 0 Å². The minimum absolute atomic E-state index is 0.221. The zero-order valence-corrected chi connectivity index (χ0v) is 18.3. The second-order valence-electron chi connectivity index (χ2n) is 7.20. The van der Waals surface area contributed by atoms with Gasteiger partial charge in [0.05, 0.1) is 33.7 Å². The van der Waals surface area contributed by atoms with E-state index < -0.39 is 0 Å². The molecule has 1 fully saturated rings. The first-order valence-electron chi connectivity index (χ1n) is 9.89. The molecule has 0 saturated carbocycles. The monoisotopic (exact) mass is 426 g/mol. The van der Waals surface area contributed by atoms with Crippen molar-refractivity contribution in [1.82, 2.24) is 19.2 Å². The Morgan fingerprint density at radius 1 is 1.03 bits per heavy atom. The molecule has 1 aromatic heterocycles. The van der Waals surface area contributed by atoms with Crippen LogP contribution in [0.4, 0.5) is 0 Å². The van der Waals surface area contributed by atoms with Crippen LogP contribution in [-0.4, -0.2) is 47.1 Å². The van der Waals surface area contributed by atoms with Gasteiger partial charge in [-0.25, -0.2) is 4.68 Å². The molecule has 0 spiro atoms. The van der Waals surface area contributed by atoms with Gasteiger partial charge in [0.1, 0.15) is 23.6 Å². The number of ether oxygens (including phenoxy) is 3. The van der Waals surface area contributed by atoms with Crippen LogP contribution in [0.3, 0.4) is 0 Å². The molecule has 3 aromatic rings. The summed E-state index contributed by atoms with van der Waals surface area (Å²) >= 11 is 5.72. The molecule has 0 unspecified atom stereocenters. The number of benzene rings is 2. The minimum atomic E-state index is 0.221. The van der Waals surface area contributed by atoms with Crippen molar-refractivity contribution in [1.29, 1.82) is 0 Å². The van der Waals surface area contributed by atoms with E-state index in [0.717, 1.165) is 47.9 Å². The highest BCUT2D eigenvalue weighted by Crippen LogP contribution is 2.39. The Hall–Kier alpha value is -2.84. The first-order valence-corrected chi connectivity index (χ1v) is 10.3. The molecule has 7 nitrogen and oxygen atoms in total. The van der Waals surface area contributed by atoms with Gasteiger partial charge < -0.3 is 14.2 Å². The van der Waals surface area contributed by atoms with Crippen LogP contribution in [0.1, 0.15) is 24.4 Å². The van der Waals surface area contributed by atoms with E-state index in [0.29, 0.717) is 11.4 Å². The van der Waals surface area contributed by atoms with E-state index >= 15 is 0 Å². The predicted molar refractivity (Wildman–Crippen MR) is 117 cm³/mol. The van der Waals surface area contributed by atoms with Crippen molar-refractivity contribution in [3.63, 3.8) is 0 Å². The van der Waals surface area contributed by atoms with E-state index in [1.54, 1.807) is 27.7 Å². The summed E-state index contributed by atoms with van der Waals surface area (Å²) in [6.45, 7) is 1.58. The summed E-state index contributed by atoms with van der Waals surface area (Å²) in [7, 11) is 5.04. The molecule has 8 heteroatoms. The Kier molecular flexibility index (Phi) is 6.06. The molecule has 30 heavy (non-hydrogen) atoms. The summed E-state index contributed by atoms with van der Waals surface area (Å²) < 4.78 is 20.8. The Balaban J connectivity index is 1.60. The molecule has 1 atom stereocenters. The third kappa shape index (κ3) is 3.93. The standard InChI is InChI=1S/C22H26N4O3S/c1-27-17-7-4-6-16(12-17)25-14-23-26(22(25)30)15-24-11-5-8-20(24)19-13-18(28-2)9-10-21(19)29-3/h4,6-7,9-10,12-14,20H,5,8,11,15H2,1-3H3/t20-/m0/s1. The molecule has 0 radical (unpaired) electrons. The second kappa shape index (κ2) is 8.89. The van der Waals surface area contributed by atoms with Crippen LogP contribution in [0, 0.1) is 4.77 Å². The Bertz CT molecular complexity index is 1080. The van der Waals surface area contributed by atoms with Gasteiger partial charge in [-0.2, -0.15) is 5.10 Å². The molecule has 1 aliphatic heterocycles. The molecule has 1 saturated heterocycles. The second-order valence-corrected chi connectivity index (χ2v) is 7.57. The molecule has 1 aliphatic rings. The Labute approximate surface area is 181 Å². The molecule has 2 aromatic carbocycles. The van der Waals surface area contributed by atoms with Crippen molar-refractivity contribution in [2.45, 2.75) is 25.6 Å². The Morgan fingerprint density at radius 2 is 1.83 bits per heavy atom. The van der Waals surface area contributed by atoms with Gasteiger partial charge in [0, 0.05) is 24.2 Å². The van der Waals surface area contributed by atoms with Crippen molar-refractivity contribution in [2.75, 3.05) is 27.9 Å². The lowest BCUT2D eigenvalue weighted by Gasteiger charge is -2.26. The van der Waals surface area contributed by atoms with Crippen molar-refractivity contribution in [2.24, 2.45) is 0 Å². The van der Waals surface area contributed by atoms with Crippen LogP contribution in [0.2, 0.25) is 0 Å². The topological polar surface area (TPSA) is 53.7 Å². The van der Waals surface area contributed by atoms with Crippen LogP contribution in [-0.2, 0) is 6.67 Å². The van der Waals surface area contributed by atoms with E-state index in [1.807, 2.05) is 45.6 Å². The van der Waals surface area contributed by atoms with Gasteiger partial charge in [0.2, 0.25) is 4.77 Å². The normalized spacial score (nSPS) is 16.6. The summed E-state index contributed by atoms with van der Waals surface area (Å²) in [5, 5.41) is 4.55. The SMILES string of the molecule is COc1cccc(-n2cnn(CN3CCC[C@H]3c3cc(OC)ccc3OC)c2=S)c1. The quantitative estimate of drug-likeness (QED) is 0.527. The first-order chi connectivity index (χ1) is 14.6. The van der Waals surface area contributed by atoms with Gasteiger partial charge in [-0.15, -0.1) is 0 Å². The maximum atomic E-state index is 5.72. The number of aromatic nitrogens is 3. The highest BCUT2D eigenvalue weighted by atomic mass is 32.1. The third-order valence-electron chi connectivity index (χ3n) is 5.54. The molecule has 0 N–H and O–H groups in total. The van der Waals surface area contributed by atoms with Gasteiger partial charge >= 0.3 is 0 Å². The number of likely N-dealkylation sites (tertiary alicyclic amines) is 1. The average molecular weight is 427 g/mol. The number of hydrogen-bond donors (Lipinski definition) is 0. The average Bonchev–Trinajstić information content (AvgIpc) is 3.40. The van der Waals surface area contributed by atoms with E-state index in [2.05, 4.69) is 16.1 Å². The minimum Gasteiger partial charge on any atom is -0.497 e. The van der Waals surface area contributed by atoms with Crippen LogP contribution < -0.4 is 14.2 Å². The highest BCUT2D eigenvalue weighted by molar-refractivity contribution is 7.71. The fraction of sp³-hybridized carbons (Fsp3) is 0.364. The van der Waals surface area contributed by atoms with E-state index in [-0.39, 0.29) is 6.04 Å². The third-order valence-corrected chi connectivity index (χ3v) is 5.95. The maximum absolute atomic E-state index is 5.72. The summed E-state index contributed by atoms with van der Waals surface area (Å²) in [5.74, 6) is 2.49. The highest BCUT2D eigenvalue weighted by Gasteiger charge is 2.29. The van der Waals surface area contributed by atoms with E-state index in [9.17, 15) is 0 Å². The van der Waals surface area contributed by atoms with Crippen molar-refractivity contribution in [3.05, 3.63) is 59.1 Å². The lowest BCUT2D eigenvalue weighted by molar-refractivity contribution is 0.186. The van der Waals surface area contributed by atoms with Gasteiger partial charge in [0.25, 0.3) is 0 Å². The number of rotatable bonds is 7. The maximum Gasteiger partial charge on any atom is 0.203 e. The van der Waals surface area contributed by atoms with Crippen LogP contribution in [0.15, 0.2) is 48.8 Å². The lowest BCUT2D eigenvalue weighted by Crippen LogP contribution is -2.27. The molecule has 0 aliphatic carbocycles. The summed E-state index contributed by atoms with van der Waals surface area (Å²) in [5.41, 5.74) is 2.06. The smallest absolute Gasteiger partial charge is 0.203 e. The molecular weight excluding hydrogens is 400 g/mol. The van der Waals surface area contributed by atoms with Gasteiger partial charge in [0.15, 0.2) is 0 Å². The van der Waals surface area contributed by atoms with Gasteiger partial charge in [-0.3, -0.25) is 9.47 Å². The molecule has 2 heterocycles. The molecule has 4 rings (SSSR count). The summed E-state index contributed by atoms with van der Waals surface area (Å²) in [4.78, 5) is 2.38. The fourth-order valence-corrected chi connectivity index (χ4v) is 4.25. The Morgan fingerprint density at radius 3 is 2.60 bits per heavy atom. The van der Waals surface area contributed by atoms with Crippen LogP contribution in [0.25, 0.3) is 5.69 Å². The van der Waals surface area contributed by atoms with Crippen LogP contribution >= 0.6 is 12.2 Å². The molecule has 0 bridgehead atoms. The van der Waals surface area contributed by atoms with Gasteiger partial charge in [-0.1, -0.05) is 6.07 Å². The lowest BCUT2D eigenvalue weighted by atomic mass is 10.0. The number of nitrogens with zero attached hydrogens (tertiary/aromatic N) is 4. The summed E-state index contributed by atoms with van der Waals surface area (Å²) in [6, 6.07) is 14.0. The van der Waals surface area contributed by atoms with Crippen molar-refractivity contribution >= 4 is 12.2 Å². The zero-order chi connectivity index (χ0) is 21.1. The zero-order valence-electron chi connectivity index (χ0n) is 17.4. The molecule has 0 amide bonds. The predicted octanol–water partition coefficient (Wildman–Crippen LogP) is 4.22. The fourth-order valence-electron chi connectivity index (χ4n) is 3.99. The largest absolute Gasteiger partial charge is 0.497 e. The van der Waals surface area contributed by atoms with Crippen molar-refractivity contribution in [3.8, 4) is 22.9 Å². The molecule has 158 valence electrons. The number of hydrogen-bond acceptors (Lipinski definition) is 6. The van der Waals surface area contributed by atoms with E-state index in [4.69, 9.17) is 26.4 Å². The number of methoxy groups -OCH3 is 3. The summed E-state index contributed by atoms with van der Waals surface area (Å²) in [6.07, 6.45) is 3.91. The molecular formula is C22H26N4O3S. The van der Waals surface area contributed by atoms with Gasteiger partial charge in [-0.05, 0) is 55.4 Å². The van der Waals surface area contributed by atoms with Crippen molar-refractivity contribution < 1.29 is 14.2 Å².